The Morgan fingerprint density at radius 3 is 2.33 bits per heavy atom. The van der Waals surface area contributed by atoms with E-state index in [-0.39, 0.29) is 11.0 Å². The Balaban J connectivity index is 1.72. The van der Waals surface area contributed by atoms with Gasteiger partial charge in [-0.25, -0.2) is 0 Å². The lowest BCUT2D eigenvalue weighted by atomic mass is 10.1. The van der Waals surface area contributed by atoms with E-state index in [0.717, 1.165) is 17.0 Å². The Labute approximate surface area is 179 Å². The summed E-state index contributed by atoms with van der Waals surface area (Å²) < 4.78 is 7.23. The van der Waals surface area contributed by atoms with Gasteiger partial charge in [0.15, 0.2) is 16.8 Å². The summed E-state index contributed by atoms with van der Waals surface area (Å²) in [5.41, 5.74) is 2.46. The van der Waals surface area contributed by atoms with Crippen molar-refractivity contribution in [2.24, 2.45) is 0 Å². The summed E-state index contributed by atoms with van der Waals surface area (Å²) >= 11 is 1.39. The van der Waals surface area contributed by atoms with Gasteiger partial charge in [-0.1, -0.05) is 42.1 Å². The maximum absolute atomic E-state index is 12.9. The van der Waals surface area contributed by atoms with Crippen molar-refractivity contribution in [2.75, 3.05) is 7.11 Å². The predicted molar refractivity (Wildman–Crippen MR) is 117 cm³/mol. The molecule has 7 heteroatoms. The van der Waals surface area contributed by atoms with Crippen LogP contribution in [0, 0.1) is 0 Å². The van der Waals surface area contributed by atoms with Gasteiger partial charge in [-0.05, 0) is 43.3 Å². The molecule has 0 saturated carbocycles. The maximum Gasteiger partial charge on any atom is 0.196 e. The molecule has 150 valence electrons. The zero-order valence-corrected chi connectivity index (χ0v) is 17.4. The van der Waals surface area contributed by atoms with Crippen molar-refractivity contribution in [3.63, 3.8) is 0 Å². The van der Waals surface area contributed by atoms with Crippen molar-refractivity contribution >= 4 is 17.5 Å². The minimum Gasteiger partial charge on any atom is -0.497 e. The second-order valence-corrected chi connectivity index (χ2v) is 7.87. The summed E-state index contributed by atoms with van der Waals surface area (Å²) in [5, 5.41) is 9.13. The first-order valence-electron chi connectivity index (χ1n) is 9.43. The standard InChI is InChI=1S/C23H20N4O2S/c1-16(21(28)17-6-4-3-5-7-17)30-23-26-25-22(18-12-14-24-15-13-18)27(23)19-8-10-20(29-2)11-9-19/h3-16H,1-2H3. The molecular weight excluding hydrogens is 396 g/mol. The number of hydrogen-bond donors (Lipinski definition) is 0. The minimum atomic E-state index is -0.320. The highest BCUT2D eigenvalue weighted by atomic mass is 32.2. The highest BCUT2D eigenvalue weighted by Crippen LogP contribution is 2.31. The number of ketones is 1. The third-order valence-corrected chi connectivity index (χ3v) is 5.65. The number of ether oxygens (including phenoxy) is 1. The molecule has 0 saturated heterocycles. The minimum absolute atomic E-state index is 0.0512. The van der Waals surface area contributed by atoms with Crippen LogP contribution in [-0.4, -0.2) is 37.9 Å². The number of carbonyl (C=O) groups is 1. The normalized spacial score (nSPS) is 11.8. The largest absolute Gasteiger partial charge is 0.497 e. The van der Waals surface area contributed by atoms with Gasteiger partial charge in [0, 0.05) is 29.2 Å². The van der Waals surface area contributed by atoms with Crippen molar-refractivity contribution in [2.45, 2.75) is 17.3 Å². The number of benzene rings is 2. The number of rotatable bonds is 7. The molecule has 2 aromatic carbocycles. The number of nitrogens with zero attached hydrogens (tertiary/aromatic N) is 4. The Hall–Kier alpha value is -3.45. The Kier molecular flexibility index (Phi) is 5.90. The highest BCUT2D eigenvalue weighted by molar-refractivity contribution is 8.00. The lowest BCUT2D eigenvalue weighted by Gasteiger charge is -2.13. The van der Waals surface area contributed by atoms with Gasteiger partial charge < -0.3 is 4.74 Å². The van der Waals surface area contributed by atoms with Crippen LogP contribution in [-0.2, 0) is 0 Å². The predicted octanol–water partition coefficient (Wildman–Crippen LogP) is 4.70. The maximum atomic E-state index is 12.9. The van der Waals surface area contributed by atoms with Crippen molar-refractivity contribution in [1.29, 1.82) is 0 Å². The van der Waals surface area contributed by atoms with Gasteiger partial charge >= 0.3 is 0 Å². The van der Waals surface area contributed by atoms with Crippen LogP contribution in [0.15, 0.2) is 84.3 Å². The SMILES string of the molecule is COc1ccc(-n2c(SC(C)C(=O)c3ccccc3)nnc2-c2ccncc2)cc1. The molecule has 2 aromatic heterocycles. The number of carbonyl (C=O) groups excluding carboxylic acids is 1. The van der Waals surface area contributed by atoms with E-state index in [1.54, 1.807) is 19.5 Å². The van der Waals surface area contributed by atoms with Crippen LogP contribution in [0.25, 0.3) is 17.1 Å². The van der Waals surface area contributed by atoms with Crippen LogP contribution in [0.4, 0.5) is 0 Å². The molecule has 0 aliphatic rings. The fourth-order valence-corrected chi connectivity index (χ4v) is 3.99. The van der Waals surface area contributed by atoms with E-state index in [2.05, 4.69) is 15.2 Å². The summed E-state index contributed by atoms with van der Waals surface area (Å²) in [5.74, 6) is 1.50. The highest BCUT2D eigenvalue weighted by Gasteiger charge is 2.22. The third kappa shape index (κ3) is 4.11. The molecule has 4 aromatic rings. The average molecular weight is 417 g/mol. The van der Waals surface area contributed by atoms with Gasteiger partial charge in [-0.15, -0.1) is 10.2 Å². The summed E-state index contributed by atoms with van der Waals surface area (Å²) in [6.07, 6.45) is 3.44. The van der Waals surface area contributed by atoms with Gasteiger partial charge in [0.1, 0.15) is 5.75 Å². The van der Waals surface area contributed by atoms with Crippen LogP contribution in [0.1, 0.15) is 17.3 Å². The Morgan fingerprint density at radius 2 is 1.67 bits per heavy atom. The van der Waals surface area contributed by atoms with Crippen molar-refractivity contribution in [3.8, 4) is 22.8 Å². The first kappa shape index (κ1) is 19.8. The van der Waals surface area contributed by atoms with Crippen LogP contribution in [0.5, 0.6) is 5.75 Å². The quantitative estimate of drug-likeness (QED) is 0.321. The van der Waals surface area contributed by atoms with Crippen LogP contribution < -0.4 is 4.74 Å². The number of aromatic nitrogens is 4. The first-order chi connectivity index (χ1) is 14.7. The van der Waals surface area contributed by atoms with Crippen LogP contribution in [0.2, 0.25) is 0 Å². The van der Waals surface area contributed by atoms with Crippen molar-refractivity contribution in [3.05, 3.63) is 84.7 Å². The molecular formula is C23H20N4O2S. The second-order valence-electron chi connectivity index (χ2n) is 6.57. The van der Waals surface area contributed by atoms with E-state index in [4.69, 9.17) is 4.74 Å². The summed E-state index contributed by atoms with van der Waals surface area (Å²) in [6.45, 7) is 1.89. The second kappa shape index (κ2) is 8.92. The van der Waals surface area contributed by atoms with Gasteiger partial charge in [-0.3, -0.25) is 14.3 Å². The number of methoxy groups -OCH3 is 1. The Bertz CT molecular complexity index is 1130. The Morgan fingerprint density at radius 1 is 0.967 bits per heavy atom. The molecule has 4 rings (SSSR count). The van der Waals surface area contributed by atoms with Gasteiger partial charge in [-0.2, -0.15) is 0 Å². The van der Waals surface area contributed by atoms with Gasteiger partial charge in [0.25, 0.3) is 0 Å². The molecule has 0 aliphatic carbocycles. The molecule has 1 unspecified atom stereocenters. The molecule has 2 heterocycles. The summed E-state index contributed by atoms with van der Waals surface area (Å²) in [4.78, 5) is 16.9. The summed E-state index contributed by atoms with van der Waals surface area (Å²) in [7, 11) is 1.63. The van der Waals surface area contributed by atoms with Crippen LogP contribution >= 0.6 is 11.8 Å². The summed E-state index contributed by atoms with van der Waals surface area (Å²) in [6, 6.07) is 20.7. The molecule has 0 radical (unpaired) electrons. The van der Waals surface area contributed by atoms with E-state index < -0.39 is 0 Å². The number of pyridine rings is 1. The average Bonchev–Trinajstić information content (AvgIpc) is 3.23. The number of Topliss-reactive ketones (excluding diaryl/α,β-unsaturated/α-hetero) is 1. The molecule has 30 heavy (non-hydrogen) atoms. The van der Waals surface area contributed by atoms with E-state index >= 15 is 0 Å². The van der Waals surface area contributed by atoms with E-state index in [1.807, 2.05) is 78.2 Å². The third-order valence-electron chi connectivity index (χ3n) is 4.61. The number of thioether (sulfide) groups is 1. The smallest absolute Gasteiger partial charge is 0.196 e. The van der Waals surface area contributed by atoms with Crippen molar-refractivity contribution < 1.29 is 9.53 Å². The van der Waals surface area contributed by atoms with Gasteiger partial charge in [0.2, 0.25) is 0 Å². The monoisotopic (exact) mass is 416 g/mol. The van der Waals surface area contributed by atoms with E-state index in [0.29, 0.717) is 16.5 Å². The molecule has 0 bridgehead atoms. The lowest BCUT2D eigenvalue weighted by molar-refractivity contribution is 0.0994. The molecule has 0 spiro atoms. The van der Waals surface area contributed by atoms with E-state index in [9.17, 15) is 4.79 Å². The lowest BCUT2D eigenvalue weighted by Crippen LogP contribution is -2.14. The fraction of sp³-hybridized carbons (Fsp3) is 0.130. The van der Waals surface area contributed by atoms with E-state index in [1.165, 1.54) is 11.8 Å². The molecule has 0 fully saturated rings. The molecule has 6 nitrogen and oxygen atoms in total. The molecule has 0 aliphatic heterocycles. The molecule has 0 amide bonds. The number of hydrogen-bond acceptors (Lipinski definition) is 6. The fourth-order valence-electron chi connectivity index (χ4n) is 3.05. The molecule has 0 N–H and O–H groups in total. The van der Waals surface area contributed by atoms with Crippen LogP contribution in [0.3, 0.4) is 0 Å². The zero-order valence-electron chi connectivity index (χ0n) is 16.6. The van der Waals surface area contributed by atoms with Gasteiger partial charge in [0.05, 0.1) is 12.4 Å². The zero-order chi connectivity index (χ0) is 20.9. The topological polar surface area (TPSA) is 69.9 Å². The van der Waals surface area contributed by atoms with Crippen molar-refractivity contribution in [1.82, 2.24) is 19.7 Å². The molecule has 1 atom stereocenters. The first-order valence-corrected chi connectivity index (χ1v) is 10.3.